The number of carboxylic acid groups (broad SMARTS) is 1. The van der Waals surface area contributed by atoms with Gasteiger partial charge in [-0.2, -0.15) is 0 Å². The lowest BCUT2D eigenvalue weighted by molar-refractivity contribution is -0.313. The summed E-state index contributed by atoms with van der Waals surface area (Å²) in [5, 5.41) is 14.6. The maximum Gasteiger partial charge on any atom is 0.231 e. The fourth-order valence-corrected chi connectivity index (χ4v) is 3.28. The van der Waals surface area contributed by atoms with Crippen molar-refractivity contribution in [3.8, 4) is 0 Å². The summed E-state index contributed by atoms with van der Waals surface area (Å²) in [6, 6.07) is 4.60. The minimum Gasteiger partial charge on any atom is -0.550 e. The van der Waals surface area contributed by atoms with E-state index in [2.05, 4.69) is 5.32 Å². The average molecular weight is 327 g/mol. The maximum absolute atomic E-state index is 12.3. The number of aliphatic carboxylic acids is 1. The molecule has 0 radical (unpaired) electrons. The zero-order valence-electron chi connectivity index (χ0n) is 10.6. The second kappa shape index (κ2) is 5.33. The van der Waals surface area contributed by atoms with E-state index < -0.39 is 35.9 Å². The van der Waals surface area contributed by atoms with Crippen LogP contribution in [0.1, 0.15) is 0 Å². The van der Waals surface area contributed by atoms with Crippen molar-refractivity contribution in [2.24, 2.45) is 11.8 Å². The Balaban J connectivity index is 1.82. The lowest BCUT2D eigenvalue weighted by atomic mass is 9.82. The molecule has 2 heterocycles. The third-order valence-corrected chi connectivity index (χ3v) is 4.04. The van der Waals surface area contributed by atoms with Gasteiger partial charge in [-0.15, -0.1) is 0 Å². The third-order valence-electron chi connectivity index (χ3n) is 3.60. The molecule has 2 bridgehead atoms. The fraction of sp³-hybridized carbons (Fsp3) is 0.286. The van der Waals surface area contributed by atoms with E-state index in [-0.39, 0.29) is 0 Å². The minimum atomic E-state index is -1.30. The van der Waals surface area contributed by atoms with Crippen LogP contribution in [-0.2, 0) is 14.3 Å². The van der Waals surface area contributed by atoms with E-state index >= 15 is 0 Å². The van der Waals surface area contributed by atoms with Crippen molar-refractivity contribution in [1.82, 2.24) is 0 Å². The number of ether oxygens (including phenoxy) is 1. The summed E-state index contributed by atoms with van der Waals surface area (Å²) in [5.41, 5.74) is 0.404. The molecule has 3 rings (SSSR count). The minimum absolute atomic E-state index is 0.373. The first-order chi connectivity index (χ1) is 9.95. The van der Waals surface area contributed by atoms with Crippen LogP contribution >= 0.6 is 23.2 Å². The van der Waals surface area contributed by atoms with Crippen molar-refractivity contribution in [3.05, 3.63) is 40.4 Å². The highest BCUT2D eigenvalue weighted by atomic mass is 35.5. The first-order valence-electron chi connectivity index (χ1n) is 6.27. The molecule has 21 heavy (non-hydrogen) atoms. The number of carbonyl (C=O) groups is 2. The molecule has 1 fully saturated rings. The number of carbonyl (C=O) groups excluding carboxylic acids is 2. The molecule has 2 aliphatic heterocycles. The van der Waals surface area contributed by atoms with Crippen LogP contribution in [0.5, 0.6) is 0 Å². The number of fused-ring (bicyclic) bond motifs is 2. The molecule has 1 saturated heterocycles. The van der Waals surface area contributed by atoms with Crippen molar-refractivity contribution in [1.29, 1.82) is 0 Å². The van der Waals surface area contributed by atoms with Crippen molar-refractivity contribution in [2.75, 3.05) is 5.32 Å². The van der Waals surface area contributed by atoms with Crippen LogP contribution in [0.15, 0.2) is 30.4 Å². The van der Waals surface area contributed by atoms with Gasteiger partial charge in [-0.3, -0.25) is 4.79 Å². The monoisotopic (exact) mass is 326 g/mol. The van der Waals surface area contributed by atoms with Gasteiger partial charge in [0.25, 0.3) is 0 Å². The Kier molecular flexibility index (Phi) is 3.65. The second-order valence-electron chi connectivity index (χ2n) is 4.97. The van der Waals surface area contributed by atoms with Gasteiger partial charge in [0.1, 0.15) is 0 Å². The van der Waals surface area contributed by atoms with Crippen molar-refractivity contribution < 1.29 is 19.4 Å². The number of carboxylic acids is 1. The van der Waals surface area contributed by atoms with Gasteiger partial charge in [-0.1, -0.05) is 35.4 Å². The SMILES string of the molecule is O=C([O-])[C@@H]1[C@H](C(=O)Nc2cc(Cl)cc(Cl)c2)[C@H]2C=C[C@@H]1O2. The van der Waals surface area contributed by atoms with Gasteiger partial charge in [0.2, 0.25) is 5.91 Å². The van der Waals surface area contributed by atoms with E-state index in [0.717, 1.165) is 0 Å². The molecule has 1 aromatic rings. The fourth-order valence-electron chi connectivity index (χ4n) is 2.75. The molecule has 1 amide bonds. The Morgan fingerprint density at radius 2 is 1.62 bits per heavy atom. The molecule has 1 N–H and O–H groups in total. The predicted octanol–water partition coefficient (Wildman–Crippen LogP) is 1.25. The standard InChI is InChI=1S/C14H11Cl2NO4/c15-6-3-7(16)5-8(4-6)17-13(18)11-9-1-2-10(21-9)12(11)14(19)20/h1-5,9-12H,(H,17,18)(H,19,20)/p-1/t9-,10+,11-,12+/m1/s1. The highest BCUT2D eigenvalue weighted by Gasteiger charge is 2.50. The van der Waals surface area contributed by atoms with E-state index in [1.165, 1.54) is 18.2 Å². The summed E-state index contributed by atoms with van der Waals surface area (Å²) in [7, 11) is 0. The maximum atomic E-state index is 12.3. The van der Waals surface area contributed by atoms with Crippen molar-refractivity contribution >= 4 is 40.8 Å². The summed E-state index contributed by atoms with van der Waals surface area (Å²) in [5.74, 6) is -3.58. The summed E-state index contributed by atoms with van der Waals surface area (Å²) in [6.45, 7) is 0. The topological polar surface area (TPSA) is 78.5 Å². The van der Waals surface area contributed by atoms with E-state index in [1.807, 2.05) is 0 Å². The summed E-state index contributed by atoms with van der Waals surface area (Å²) < 4.78 is 5.42. The number of hydrogen-bond acceptors (Lipinski definition) is 4. The van der Waals surface area contributed by atoms with Gasteiger partial charge in [-0.25, -0.2) is 0 Å². The molecule has 0 saturated carbocycles. The lowest BCUT2D eigenvalue weighted by Crippen LogP contribution is -2.45. The highest BCUT2D eigenvalue weighted by Crippen LogP contribution is 2.39. The second-order valence-corrected chi connectivity index (χ2v) is 5.84. The molecule has 7 heteroatoms. The average Bonchev–Trinajstić information content (AvgIpc) is 2.96. The smallest absolute Gasteiger partial charge is 0.231 e. The molecule has 5 nitrogen and oxygen atoms in total. The number of amides is 1. The first-order valence-corrected chi connectivity index (χ1v) is 7.03. The Morgan fingerprint density at radius 1 is 1.05 bits per heavy atom. The first kappa shape index (κ1) is 14.4. The van der Waals surface area contributed by atoms with Gasteiger partial charge >= 0.3 is 0 Å². The van der Waals surface area contributed by atoms with E-state index in [9.17, 15) is 14.7 Å². The molecule has 110 valence electrons. The molecule has 0 unspecified atom stereocenters. The number of benzene rings is 1. The zero-order valence-corrected chi connectivity index (χ0v) is 12.1. The predicted molar refractivity (Wildman–Crippen MR) is 74.9 cm³/mol. The normalized spacial score (nSPS) is 29.6. The molecule has 4 atom stereocenters. The molecule has 1 aromatic carbocycles. The molecule has 0 aliphatic carbocycles. The molecule has 0 spiro atoms. The zero-order chi connectivity index (χ0) is 15.1. The number of halogens is 2. The van der Waals surface area contributed by atoms with Gasteiger partial charge in [0.05, 0.1) is 18.1 Å². The number of anilines is 1. The Morgan fingerprint density at radius 3 is 2.19 bits per heavy atom. The highest BCUT2D eigenvalue weighted by molar-refractivity contribution is 6.35. The van der Waals surface area contributed by atoms with Crippen LogP contribution in [0.25, 0.3) is 0 Å². The van der Waals surface area contributed by atoms with Gasteiger partial charge in [0, 0.05) is 27.6 Å². The van der Waals surface area contributed by atoms with E-state index in [1.54, 1.807) is 12.2 Å². The Hall–Kier alpha value is -1.56. The summed E-state index contributed by atoms with van der Waals surface area (Å²) in [6.07, 6.45) is 2.18. The van der Waals surface area contributed by atoms with E-state index in [4.69, 9.17) is 27.9 Å². The largest absolute Gasteiger partial charge is 0.550 e. The van der Waals surface area contributed by atoms with Crippen molar-refractivity contribution in [2.45, 2.75) is 12.2 Å². The van der Waals surface area contributed by atoms with Gasteiger partial charge in [-0.05, 0) is 18.2 Å². The van der Waals surface area contributed by atoms with Gasteiger partial charge < -0.3 is 20.0 Å². The number of nitrogens with one attached hydrogen (secondary N) is 1. The van der Waals surface area contributed by atoms with E-state index in [0.29, 0.717) is 15.7 Å². The van der Waals surface area contributed by atoms with Crippen molar-refractivity contribution in [3.63, 3.8) is 0 Å². The molecule has 0 aromatic heterocycles. The van der Waals surface area contributed by atoms with Crippen LogP contribution in [0, 0.1) is 11.8 Å². The van der Waals surface area contributed by atoms with Crippen LogP contribution in [0.2, 0.25) is 10.0 Å². The number of hydrogen-bond donors (Lipinski definition) is 1. The summed E-state index contributed by atoms with van der Waals surface area (Å²) in [4.78, 5) is 23.6. The molecule has 2 aliphatic rings. The molecular formula is C14H10Cl2NO4-. The van der Waals surface area contributed by atoms with Crippen LogP contribution in [0.3, 0.4) is 0 Å². The molecular weight excluding hydrogens is 317 g/mol. The van der Waals surface area contributed by atoms with Crippen LogP contribution < -0.4 is 10.4 Å². The van der Waals surface area contributed by atoms with Gasteiger partial charge in [0.15, 0.2) is 0 Å². The van der Waals surface area contributed by atoms with Crippen LogP contribution in [-0.4, -0.2) is 24.1 Å². The van der Waals surface area contributed by atoms with Crippen LogP contribution in [0.4, 0.5) is 5.69 Å². The Labute approximate surface area is 130 Å². The number of rotatable bonds is 3. The third kappa shape index (κ3) is 2.64. The Bertz CT molecular complexity index is 626. The quantitative estimate of drug-likeness (QED) is 0.848. The summed E-state index contributed by atoms with van der Waals surface area (Å²) >= 11 is 11.7. The lowest BCUT2D eigenvalue weighted by Gasteiger charge is -2.25.